The molecule has 0 spiro atoms. The summed E-state index contributed by atoms with van der Waals surface area (Å²) in [5.41, 5.74) is 0. The zero-order valence-corrected chi connectivity index (χ0v) is 10.8. The second-order valence-electron chi connectivity index (χ2n) is 3.71. The molecular weight excluding hydrogens is 246 g/mol. The molecule has 0 aliphatic rings. The maximum Gasteiger partial charge on any atom is 0.134 e. The van der Waals surface area contributed by atoms with E-state index in [4.69, 9.17) is 5.26 Å². The van der Waals surface area contributed by atoms with E-state index < -0.39 is 0 Å². The quantitative estimate of drug-likeness (QED) is 0.833. The summed E-state index contributed by atoms with van der Waals surface area (Å²) in [6.45, 7) is 1.05. The highest BCUT2D eigenvalue weighted by atomic mass is 32.1. The average molecular weight is 259 g/mol. The normalized spacial score (nSPS) is 9.78. The zero-order chi connectivity index (χ0) is 12.8. The van der Waals surface area contributed by atoms with Gasteiger partial charge < -0.3 is 10.2 Å². The zero-order valence-electron chi connectivity index (χ0n) is 10.00. The predicted molar refractivity (Wildman–Crippen MR) is 72.6 cm³/mol. The van der Waals surface area contributed by atoms with E-state index >= 15 is 0 Å². The summed E-state index contributed by atoms with van der Waals surface area (Å²) in [5, 5.41) is 13.5. The van der Waals surface area contributed by atoms with Gasteiger partial charge in [0, 0.05) is 18.0 Å². The summed E-state index contributed by atoms with van der Waals surface area (Å²) < 4.78 is 0. The first-order valence-electron chi connectivity index (χ1n) is 5.46. The molecule has 2 rings (SSSR count). The molecule has 0 radical (unpaired) electrons. The third kappa shape index (κ3) is 3.18. The van der Waals surface area contributed by atoms with Gasteiger partial charge in [0.25, 0.3) is 0 Å². The van der Waals surface area contributed by atoms with Crippen molar-refractivity contribution in [1.29, 1.82) is 5.26 Å². The van der Waals surface area contributed by atoms with Gasteiger partial charge in [0.1, 0.15) is 24.5 Å². The van der Waals surface area contributed by atoms with Crippen molar-refractivity contribution in [1.82, 2.24) is 9.97 Å². The maximum atomic E-state index is 8.51. The summed E-state index contributed by atoms with van der Waals surface area (Å²) in [6, 6.07) is 7.99. The molecule has 0 saturated carbocycles. The second kappa shape index (κ2) is 5.98. The molecule has 1 N–H and O–H groups in total. The van der Waals surface area contributed by atoms with Gasteiger partial charge in [-0.2, -0.15) is 5.26 Å². The van der Waals surface area contributed by atoms with Crippen molar-refractivity contribution in [2.24, 2.45) is 0 Å². The fraction of sp³-hybridized carbons (Fsp3) is 0.250. The summed E-state index contributed by atoms with van der Waals surface area (Å²) in [5.74, 6) is 1.50. The van der Waals surface area contributed by atoms with Gasteiger partial charge in [-0.3, -0.25) is 0 Å². The third-order valence-corrected chi connectivity index (χ3v) is 3.23. The largest absolute Gasteiger partial charge is 0.357 e. The minimum Gasteiger partial charge on any atom is -0.357 e. The fourth-order valence-electron chi connectivity index (χ4n) is 1.50. The lowest BCUT2D eigenvalue weighted by Gasteiger charge is -2.17. The van der Waals surface area contributed by atoms with Crippen LogP contribution >= 0.6 is 11.3 Å². The number of aromatic nitrogens is 2. The molecule has 92 valence electrons. The molecule has 0 aliphatic carbocycles. The SMILES string of the molecule is CN(Cc1cccs1)c1cc(NCC#N)ncn1. The van der Waals surface area contributed by atoms with E-state index in [9.17, 15) is 0 Å². The van der Waals surface area contributed by atoms with Crippen LogP contribution in [0.25, 0.3) is 0 Å². The molecule has 5 nitrogen and oxygen atoms in total. The first-order chi connectivity index (χ1) is 8.79. The monoisotopic (exact) mass is 259 g/mol. The van der Waals surface area contributed by atoms with Crippen molar-refractivity contribution in [3.05, 3.63) is 34.8 Å². The van der Waals surface area contributed by atoms with Crippen LogP contribution in [0.1, 0.15) is 4.88 Å². The van der Waals surface area contributed by atoms with Crippen molar-refractivity contribution in [3.8, 4) is 6.07 Å². The Morgan fingerprint density at radius 1 is 1.50 bits per heavy atom. The van der Waals surface area contributed by atoms with Crippen molar-refractivity contribution < 1.29 is 0 Å². The van der Waals surface area contributed by atoms with Crippen LogP contribution in [0.3, 0.4) is 0 Å². The van der Waals surface area contributed by atoms with E-state index in [1.165, 1.54) is 11.2 Å². The fourth-order valence-corrected chi connectivity index (χ4v) is 2.26. The van der Waals surface area contributed by atoms with E-state index in [1.807, 2.05) is 30.1 Å². The van der Waals surface area contributed by atoms with Gasteiger partial charge in [-0.1, -0.05) is 6.07 Å². The van der Waals surface area contributed by atoms with E-state index in [2.05, 4.69) is 26.7 Å². The molecule has 2 heterocycles. The van der Waals surface area contributed by atoms with E-state index in [0.717, 1.165) is 12.4 Å². The lowest BCUT2D eigenvalue weighted by atomic mass is 10.4. The van der Waals surface area contributed by atoms with Crippen molar-refractivity contribution in [2.45, 2.75) is 6.54 Å². The van der Waals surface area contributed by atoms with Gasteiger partial charge in [0.15, 0.2) is 0 Å². The number of thiophene rings is 1. The molecule has 2 aromatic heterocycles. The lowest BCUT2D eigenvalue weighted by Crippen LogP contribution is -2.17. The number of nitriles is 1. The number of nitrogens with one attached hydrogen (secondary N) is 1. The summed E-state index contributed by atoms with van der Waals surface area (Å²) >= 11 is 1.72. The Bertz CT molecular complexity index is 532. The second-order valence-corrected chi connectivity index (χ2v) is 4.74. The average Bonchev–Trinajstić information content (AvgIpc) is 2.89. The molecule has 0 unspecified atom stereocenters. The van der Waals surface area contributed by atoms with Gasteiger partial charge in [-0.25, -0.2) is 9.97 Å². The smallest absolute Gasteiger partial charge is 0.134 e. The lowest BCUT2D eigenvalue weighted by molar-refractivity contribution is 0.904. The Balaban J connectivity index is 2.05. The number of rotatable bonds is 5. The summed E-state index contributed by atoms with van der Waals surface area (Å²) in [4.78, 5) is 11.6. The van der Waals surface area contributed by atoms with Crippen LogP contribution < -0.4 is 10.2 Å². The Morgan fingerprint density at radius 3 is 3.11 bits per heavy atom. The van der Waals surface area contributed by atoms with Gasteiger partial charge in [-0.15, -0.1) is 11.3 Å². The number of hydrogen-bond donors (Lipinski definition) is 1. The molecule has 2 aromatic rings. The van der Waals surface area contributed by atoms with Crippen molar-refractivity contribution in [2.75, 3.05) is 23.8 Å². The number of anilines is 2. The maximum absolute atomic E-state index is 8.51. The molecule has 0 bridgehead atoms. The van der Waals surface area contributed by atoms with Gasteiger partial charge in [0.05, 0.1) is 12.6 Å². The molecule has 0 amide bonds. The molecule has 6 heteroatoms. The number of hydrogen-bond acceptors (Lipinski definition) is 6. The van der Waals surface area contributed by atoms with Crippen LogP contribution in [-0.4, -0.2) is 23.6 Å². The highest BCUT2D eigenvalue weighted by Crippen LogP contribution is 2.17. The van der Waals surface area contributed by atoms with Crippen LogP contribution in [0.15, 0.2) is 29.9 Å². The van der Waals surface area contributed by atoms with Gasteiger partial charge in [-0.05, 0) is 11.4 Å². The van der Waals surface area contributed by atoms with E-state index in [1.54, 1.807) is 11.3 Å². The van der Waals surface area contributed by atoms with Crippen LogP contribution in [0, 0.1) is 11.3 Å². The topological polar surface area (TPSA) is 64.8 Å². The minimum absolute atomic E-state index is 0.241. The van der Waals surface area contributed by atoms with Crippen LogP contribution in [0.5, 0.6) is 0 Å². The highest BCUT2D eigenvalue weighted by Gasteiger charge is 2.05. The summed E-state index contributed by atoms with van der Waals surface area (Å²) in [7, 11) is 1.98. The highest BCUT2D eigenvalue weighted by molar-refractivity contribution is 7.09. The third-order valence-electron chi connectivity index (χ3n) is 2.37. The molecule has 0 aliphatic heterocycles. The molecular formula is C12H13N5S. The Kier molecular flexibility index (Phi) is 4.10. The van der Waals surface area contributed by atoms with Gasteiger partial charge in [0.2, 0.25) is 0 Å². The van der Waals surface area contributed by atoms with E-state index in [0.29, 0.717) is 5.82 Å². The molecule has 0 aromatic carbocycles. The molecule has 0 fully saturated rings. The van der Waals surface area contributed by atoms with Gasteiger partial charge >= 0.3 is 0 Å². The van der Waals surface area contributed by atoms with E-state index in [-0.39, 0.29) is 6.54 Å². The van der Waals surface area contributed by atoms with Crippen molar-refractivity contribution >= 4 is 23.0 Å². The Hall–Kier alpha value is -2.13. The summed E-state index contributed by atoms with van der Waals surface area (Å²) in [6.07, 6.45) is 1.50. The van der Waals surface area contributed by atoms with Crippen LogP contribution in [0.2, 0.25) is 0 Å². The first-order valence-corrected chi connectivity index (χ1v) is 6.34. The van der Waals surface area contributed by atoms with Crippen LogP contribution in [0.4, 0.5) is 11.6 Å². The van der Waals surface area contributed by atoms with Crippen LogP contribution in [-0.2, 0) is 6.54 Å². The Morgan fingerprint density at radius 2 is 2.39 bits per heavy atom. The first kappa shape index (κ1) is 12.3. The minimum atomic E-state index is 0.241. The standard InChI is InChI=1S/C12H13N5S/c1-17(8-10-3-2-6-18-10)12-7-11(14-5-4-13)15-9-16-12/h2-3,6-7,9H,5,8H2,1H3,(H,14,15,16). The molecule has 0 atom stereocenters. The Labute approximate surface area is 110 Å². The predicted octanol–water partition coefficient (Wildman–Crippen LogP) is 2.11. The van der Waals surface area contributed by atoms with Crippen molar-refractivity contribution in [3.63, 3.8) is 0 Å². The molecule has 0 saturated heterocycles. The number of nitrogens with zero attached hydrogens (tertiary/aromatic N) is 4. The molecule has 18 heavy (non-hydrogen) atoms.